The monoisotopic (exact) mass is 717 g/mol. The molecule has 0 radical (unpaired) electrons. The molecule has 4 heterocycles. The molecule has 1 saturated heterocycles. The Kier molecular flexibility index (Phi) is 8.57. The standard InChI is InChI=1S/C35H37F6N7OS/c1-20(11-34(36,37)38)30(49)46-33-15-32(16-33,17-33)18-48-24(13-42)9-26-21(2)22(3-4-28(26)48)14-47-7-5-23(6-8-47)45-29-27-10-25(12-35(39,40)41)50-31(27)44-19-43-29/h3-4,9-10,19-20,23H,5-8,11-12,14-18H2,1-2H3,(H,46,49)(H,43,44,45). The molecule has 1 atom stereocenters. The van der Waals surface area contributed by atoms with E-state index in [1.54, 1.807) is 0 Å². The largest absolute Gasteiger partial charge is 0.393 e. The molecular formula is C35H37F6N7OS. The second kappa shape index (κ2) is 12.4. The fraction of sp³-hybridized carbons (Fsp3) is 0.543. The molecule has 15 heteroatoms. The fourth-order valence-corrected chi connectivity index (χ4v) is 9.42. The van der Waals surface area contributed by atoms with Crippen molar-refractivity contribution in [1.82, 2.24) is 24.8 Å². The summed E-state index contributed by atoms with van der Waals surface area (Å²) >= 11 is 1.04. The van der Waals surface area contributed by atoms with Crippen molar-refractivity contribution in [2.24, 2.45) is 11.3 Å². The zero-order valence-corrected chi connectivity index (χ0v) is 28.5. The number of aryl methyl sites for hydroxylation is 1. The van der Waals surface area contributed by atoms with Crippen molar-refractivity contribution in [3.8, 4) is 6.07 Å². The predicted octanol–water partition coefficient (Wildman–Crippen LogP) is 7.63. The second-order valence-corrected chi connectivity index (χ2v) is 15.8. The lowest BCUT2D eigenvalue weighted by Crippen LogP contribution is -2.76. The summed E-state index contributed by atoms with van der Waals surface area (Å²) in [6.45, 7) is 6.38. The van der Waals surface area contributed by atoms with Crippen molar-refractivity contribution in [1.29, 1.82) is 5.26 Å². The lowest BCUT2D eigenvalue weighted by atomic mass is 9.39. The van der Waals surface area contributed by atoms with Gasteiger partial charge in [0.05, 0.1) is 18.2 Å². The van der Waals surface area contributed by atoms with E-state index in [1.165, 1.54) is 24.9 Å². The molecule has 4 fully saturated rings. The number of benzene rings is 1. The van der Waals surface area contributed by atoms with Crippen LogP contribution in [-0.2, 0) is 24.3 Å². The van der Waals surface area contributed by atoms with Gasteiger partial charge >= 0.3 is 12.4 Å². The summed E-state index contributed by atoms with van der Waals surface area (Å²) in [6, 6.07) is 10.1. The van der Waals surface area contributed by atoms with Gasteiger partial charge in [-0.05, 0) is 73.8 Å². The maximum absolute atomic E-state index is 12.9. The minimum absolute atomic E-state index is 0.0879. The highest BCUT2D eigenvalue weighted by Gasteiger charge is 2.68. The van der Waals surface area contributed by atoms with Crippen LogP contribution in [0.2, 0.25) is 0 Å². The minimum Gasteiger partial charge on any atom is -0.367 e. The number of thiophene rings is 1. The van der Waals surface area contributed by atoms with Gasteiger partial charge < -0.3 is 15.2 Å². The van der Waals surface area contributed by atoms with Gasteiger partial charge in [0.15, 0.2) is 0 Å². The maximum Gasteiger partial charge on any atom is 0.393 e. The first-order chi connectivity index (χ1) is 23.5. The Labute approximate surface area is 288 Å². The Balaban J connectivity index is 0.960. The fourth-order valence-electron chi connectivity index (χ4n) is 8.39. The van der Waals surface area contributed by atoms with E-state index in [2.05, 4.69) is 50.6 Å². The lowest BCUT2D eigenvalue weighted by Gasteiger charge is -2.71. The normalized spacial score (nSPS) is 23.3. The molecule has 2 N–H and O–H groups in total. The van der Waals surface area contributed by atoms with Crippen LogP contribution >= 0.6 is 11.3 Å². The molecule has 1 aliphatic heterocycles. The van der Waals surface area contributed by atoms with Crippen LogP contribution in [0, 0.1) is 29.6 Å². The summed E-state index contributed by atoms with van der Waals surface area (Å²) < 4.78 is 79.2. The molecule has 3 aliphatic carbocycles. The second-order valence-electron chi connectivity index (χ2n) is 14.7. The van der Waals surface area contributed by atoms with E-state index in [0.717, 1.165) is 60.3 Å². The first-order valence-corrected chi connectivity index (χ1v) is 17.5. The number of nitrogens with zero attached hydrogens (tertiary/aromatic N) is 5. The number of amides is 1. The van der Waals surface area contributed by atoms with Crippen molar-refractivity contribution in [3.63, 3.8) is 0 Å². The summed E-state index contributed by atoms with van der Waals surface area (Å²) in [7, 11) is 0. The molecule has 4 aliphatic rings. The SMILES string of the molecule is Cc1c(CN2CCC(Nc3ncnc4sc(CC(F)(F)F)cc34)CC2)ccc2c1cc(C#N)n2CC12CC(NC(=O)C(C)CC(F)(F)F)(C1)C2. The highest BCUT2D eigenvalue weighted by molar-refractivity contribution is 7.18. The summed E-state index contributed by atoms with van der Waals surface area (Å²) in [5, 5.41) is 18.0. The average molecular weight is 718 g/mol. The van der Waals surface area contributed by atoms with Gasteiger partial charge in [-0.3, -0.25) is 9.69 Å². The number of fused-ring (bicyclic) bond motifs is 2. The van der Waals surface area contributed by atoms with Gasteiger partial charge in [-0.2, -0.15) is 31.6 Å². The highest BCUT2D eigenvalue weighted by atomic mass is 32.1. The third kappa shape index (κ3) is 6.88. The van der Waals surface area contributed by atoms with E-state index in [-0.39, 0.29) is 16.3 Å². The third-order valence-electron chi connectivity index (χ3n) is 10.7. The number of rotatable bonds is 10. The molecule has 3 saturated carbocycles. The Morgan fingerprint density at radius 1 is 1.08 bits per heavy atom. The molecule has 266 valence electrons. The highest BCUT2D eigenvalue weighted by Crippen LogP contribution is 2.68. The molecule has 50 heavy (non-hydrogen) atoms. The number of anilines is 1. The average Bonchev–Trinajstić information content (AvgIpc) is 3.57. The number of piperidine rings is 1. The topological polar surface area (TPSA) is 98.9 Å². The predicted molar refractivity (Wildman–Crippen MR) is 177 cm³/mol. The van der Waals surface area contributed by atoms with Gasteiger partial charge in [-0.1, -0.05) is 13.0 Å². The molecule has 0 spiro atoms. The first-order valence-electron chi connectivity index (χ1n) is 16.7. The van der Waals surface area contributed by atoms with Crippen LogP contribution in [0.5, 0.6) is 0 Å². The third-order valence-corrected chi connectivity index (χ3v) is 11.7. The van der Waals surface area contributed by atoms with Crippen LogP contribution in [-0.4, -0.2) is 62.4 Å². The smallest absolute Gasteiger partial charge is 0.367 e. The van der Waals surface area contributed by atoms with E-state index >= 15 is 0 Å². The number of carbonyl (C=O) groups excluding carboxylic acids is 1. The van der Waals surface area contributed by atoms with Crippen LogP contribution in [0.25, 0.3) is 21.1 Å². The van der Waals surface area contributed by atoms with Crippen molar-refractivity contribution in [3.05, 3.63) is 52.3 Å². The number of nitriles is 1. The zero-order valence-electron chi connectivity index (χ0n) is 27.6. The van der Waals surface area contributed by atoms with Gasteiger partial charge in [0.1, 0.15) is 28.7 Å². The number of hydrogen-bond donors (Lipinski definition) is 2. The van der Waals surface area contributed by atoms with E-state index in [1.807, 2.05) is 10.6 Å². The summed E-state index contributed by atoms with van der Waals surface area (Å²) in [6.07, 6.45) is -5.67. The van der Waals surface area contributed by atoms with Crippen molar-refractivity contribution in [2.45, 2.75) is 95.8 Å². The molecule has 2 bridgehead atoms. The number of nitrogens with one attached hydrogen (secondary N) is 2. The molecule has 8 rings (SSSR count). The Morgan fingerprint density at radius 2 is 1.80 bits per heavy atom. The lowest BCUT2D eigenvalue weighted by molar-refractivity contribution is -0.178. The quantitative estimate of drug-likeness (QED) is 0.164. The Morgan fingerprint density at radius 3 is 2.46 bits per heavy atom. The van der Waals surface area contributed by atoms with Crippen molar-refractivity contribution >= 4 is 44.2 Å². The summed E-state index contributed by atoms with van der Waals surface area (Å²) in [4.78, 5) is 24.1. The van der Waals surface area contributed by atoms with Crippen molar-refractivity contribution in [2.75, 3.05) is 18.4 Å². The van der Waals surface area contributed by atoms with Crippen molar-refractivity contribution < 1.29 is 31.1 Å². The maximum atomic E-state index is 12.9. The molecule has 4 aromatic rings. The van der Waals surface area contributed by atoms with E-state index < -0.39 is 42.6 Å². The number of hydrogen-bond acceptors (Lipinski definition) is 7. The molecule has 8 nitrogen and oxygen atoms in total. The van der Waals surface area contributed by atoms with Crippen LogP contribution in [0.3, 0.4) is 0 Å². The van der Waals surface area contributed by atoms with Gasteiger partial charge in [0.25, 0.3) is 0 Å². The van der Waals surface area contributed by atoms with Gasteiger partial charge in [0, 0.05) is 59.5 Å². The van der Waals surface area contributed by atoms with Crippen LogP contribution in [0.1, 0.15) is 67.1 Å². The van der Waals surface area contributed by atoms with Crippen LogP contribution < -0.4 is 10.6 Å². The number of carbonyl (C=O) groups is 1. The Hall–Kier alpha value is -3.90. The van der Waals surface area contributed by atoms with E-state index in [9.17, 15) is 36.4 Å². The number of likely N-dealkylation sites (tertiary alicyclic amines) is 1. The van der Waals surface area contributed by atoms with Crippen LogP contribution in [0.15, 0.2) is 30.6 Å². The minimum atomic E-state index is -4.39. The first kappa shape index (κ1) is 34.5. The zero-order chi connectivity index (χ0) is 35.6. The molecule has 1 aromatic carbocycles. The van der Waals surface area contributed by atoms with Crippen LogP contribution in [0.4, 0.5) is 32.2 Å². The number of aromatic nitrogens is 3. The van der Waals surface area contributed by atoms with E-state index in [0.29, 0.717) is 47.5 Å². The molecule has 3 aromatic heterocycles. The molecular weight excluding hydrogens is 680 g/mol. The summed E-state index contributed by atoms with van der Waals surface area (Å²) in [5.74, 6) is -1.13. The van der Waals surface area contributed by atoms with E-state index in [4.69, 9.17) is 0 Å². The molecule has 1 amide bonds. The van der Waals surface area contributed by atoms with Gasteiger partial charge in [0.2, 0.25) is 5.91 Å². The number of alkyl halides is 6. The molecule has 1 unspecified atom stereocenters. The van der Waals surface area contributed by atoms with Gasteiger partial charge in [-0.25, -0.2) is 9.97 Å². The van der Waals surface area contributed by atoms with Gasteiger partial charge in [-0.15, -0.1) is 11.3 Å². The summed E-state index contributed by atoms with van der Waals surface area (Å²) in [5.41, 5.74) is 3.27. The Bertz CT molecular complexity index is 1970. The number of halogens is 6.